The van der Waals surface area contributed by atoms with Crippen LogP contribution in [-0.2, 0) is 11.0 Å². The number of hydrogen-bond donors (Lipinski definition) is 2. The van der Waals surface area contributed by atoms with Gasteiger partial charge in [0, 0.05) is 29.7 Å². The van der Waals surface area contributed by atoms with Crippen LogP contribution in [0.1, 0.15) is 18.4 Å². The van der Waals surface area contributed by atoms with Crippen molar-refractivity contribution >= 4 is 27.7 Å². The van der Waals surface area contributed by atoms with Crippen molar-refractivity contribution in [3.8, 4) is 0 Å². The van der Waals surface area contributed by atoms with Crippen LogP contribution in [0.3, 0.4) is 0 Å². The van der Waals surface area contributed by atoms with Gasteiger partial charge in [-0.1, -0.05) is 0 Å². The van der Waals surface area contributed by atoms with Gasteiger partial charge in [-0.2, -0.15) is 13.2 Å². The van der Waals surface area contributed by atoms with Gasteiger partial charge in [0.05, 0.1) is 5.56 Å². The van der Waals surface area contributed by atoms with Crippen molar-refractivity contribution in [3.63, 3.8) is 0 Å². The summed E-state index contributed by atoms with van der Waals surface area (Å²) in [7, 11) is 0. The molecule has 1 unspecified atom stereocenters. The molecule has 0 bridgehead atoms. The number of aromatic nitrogens is 1. The number of rotatable bonds is 3. The van der Waals surface area contributed by atoms with Gasteiger partial charge in [-0.15, -0.1) is 0 Å². The van der Waals surface area contributed by atoms with Gasteiger partial charge < -0.3 is 10.6 Å². The van der Waals surface area contributed by atoms with Crippen LogP contribution in [0.5, 0.6) is 0 Å². The molecule has 8 heteroatoms. The van der Waals surface area contributed by atoms with E-state index in [9.17, 15) is 18.0 Å². The predicted octanol–water partition coefficient (Wildman–Crippen LogP) is 2.55. The number of halogens is 4. The van der Waals surface area contributed by atoms with Crippen molar-refractivity contribution in [2.45, 2.75) is 25.1 Å². The molecule has 0 aromatic carbocycles. The zero-order valence-corrected chi connectivity index (χ0v) is 11.3. The number of amides is 1. The molecule has 104 valence electrons. The van der Waals surface area contributed by atoms with E-state index in [0.29, 0.717) is 12.8 Å². The third-order valence-corrected chi connectivity index (χ3v) is 3.19. The molecule has 1 saturated heterocycles. The van der Waals surface area contributed by atoms with Crippen LogP contribution >= 0.6 is 15.9 Å². The zero-order chi connectivity index (χ0) is 14.0. The molecule has 2 N–H and O–H groups in total. The molecule has 0 aliphatic carbocycles. The highest BCUT2D eigenvalue weighted by Crippen LogP contribution is 2.35. The Morgan fingerprint density at radius 3 is 2.84 bits per heavy atom. The maximum absolute atomic E-state index is 12.8. The Morgan fingerprint density at radius 1 is 1.53 bits per heavy atom. The quantitative estimate of drug-likeness (QED) is 0.891. The highest BCUT2D eigenvalue weighted by molar-refractivity contribution is 9.10. The van der Waals surface area contributed by atoms with Crippen LogP contribution in [-0.4, -0.2) is 23.5 Å². The Balaban J connectivity index is 2.09. The molecule has 19 heavy (non-hydrogen) atoms. The topological polar surface area (TPSA) is 54.0 Å². The largest absolute Gasteiger partial charge is 0.419 e. The van der Waals surface area contributed by atoms with Crippen LogP contribution in [0.25, 0.3) is 0 Å². The second-order valence-corrected chi connectivity index (χ2v) is 5.15. The lowest BCUT2D eigenvalue weighted by Gasteiger charge is -2.16. The molecule has 2 heterocycles. The van der Waals surface area contributed by atoms with Crippen molar-refractivity contribution in [3.05, 3.63) is 22.3 Å². The van der Waals surface area contributed by atoms with E-state index in [1.54, 1.807) is 0 Å². The van der Waals surface area contributed by atoms with Crippen LogP contribution < -0.4 is 10.6 Å². The summed E-state index contributed by atoms with van der Waals surface area (Å²) in [6.07, 6.45) is -2.15. The monoisotopic (exact) mass is 337 g/mol. The van der Waals surface area contributed by atoms with Gasteiger partial charge in [0.25, 0.3) is 0 Å². The Morgan fingerprint density at radius 2 is 2.26 bits per heavy atom. The summed E-state index contributed by atoms with van der Waals surface area (Å²) in [6.45, 7) is 0.226. The summed E-state index contributed by atoms with van der Waals surface area (Å²) in [4.78, 5) is 14.7. The molecule has 0 saturated carbocycles. The van der Waals surface area contributed by atoms with E-state index in [2.05, 4.69) is 31.5 Å². The molecule has 2 rings (SSSR count). The minimum Gasteiger partial charge on any atom is -0.368 e. The Hall–Kier alpha value is -1.31. The van der Waals surface area contributed by atoms with E-state index in [1.165, 1.54) is 6.20 Å². The van der Waals surface area contributed by atoms with E-state index < -0.39 is 11.7 Å². The third-order valence-electron chi connectivity index (χ3n) is 2.76. The normalized spacial score (nSPS) is 19.4. The fraction of sp³-hybridized carbons (Fsp3) is 0.455. The lowest BCUT2D eigenvalue weighted by atomic mass is 10.2. The smallest absolute Gasteiger partial charge is 0.368 e. The van der Waals surface area contributed by atoms with Gasteiger partial charge in [-0.05, 0) is 28.4 Å². The third kappa shape index (κ3) is 3.59. The minimum absolute atomic E-state index is 0.0772. The van der Waals surface area contributed by atoms with Gasteiger partial charge >= 0.3 is 6.18 Å². The first-order valence-electron chi connectivity index (χ1n) is 5.62. The Labute approximate surface area is 115 Å². The van der Waals surface area contributed by atoms with Crippen molar-refractivity contribution in [2.75, 3.05) is 11.9 Å². The number of carbonyl (C=O) groups excluding carboxylic acids is 1. The molecule has 1 amide bonds. The van der Waals surface area contributed by atoms with E-state index >= 15 is 0 Å². The SMILES string of the molecule is O=C1CCC(CNc2ncc(Br)cc2C(F)(F)F)N1. The summed E-state index contributed by atoms with van der Waals surface area (Å²) < 4.78 is 38.7. The highest BCUT2D eigenvalue weighted by atomic mass is 79.9. The van der Waals surface area contributed by atoms with Crippen LogP contribution in [0.15, 0.2) is 16.7 Å². The maximum atomic E-state index is 12.8. The molecule has 0 spiro atoms. The summed E-state index contributed by atoms with van der Waals surface area (Å²) >= 11 is 2.97. The summed E-state index contributed by atoms with van der Waals surface area (Å²) in [5.41, 5.74) is -0.828. The molecule has 4 nitrogen and oxygen atoms in total. The van der Waals surface area contributed by atoms with Crippen molar-refractivity contribution < 1.29 is 18.0 Å². The average Bonchev–Trinajstić information content (AvgIpc) is 2.72. The number of hydrogen-bond acceptors (Lipinski definition) is 3. The fourth-order valence-electron chi connectivity index (χ4n) is 1.85. The number of alkyl halides is 3. The van der Waals surface area contributed by atoms with Crippen molar-refractivity contribution in [2.24, 2.45) is 0 Å². The molecule has 1 aliphatic rings. The standard InChI is InChI=1S/C11H11BrF3N3O/c12-6-3-8(11(13,14)15)10(16-4-6)17-5-7-1-2-9(19)18-7/h3-4,7H,1-2,5H2,(H,16,17)(H,18,19). The maximum Gasteiger partial charge on any atom is 0.419 e. The molecular weight excluding hydrogens is 327 g/mol. The second kappa shape index (κ2) is 5.36. The summed E-state index contributed by atoms with van der Waals surface area (Å²) in [5.74, 6) is -0.302. The highest BCUT2D eigenvalue weighted by Gasteiger charge is 2.35. The van der Waals surface area contributed by atoms with Crippen molar-refractivity contribution in [1.82, 2.24) is 10.3 Å². The first-order valence-corrected chi connectivity index (χ1v) is 6.41. The van der Waals surface area contributed by atoms with E-state index in [0.717, 1.165) is 6.07 Å². The fourth-order valence-corrected chi connectivity index (χ4v) is 2.18. The second-order valence-electron chi connectivity index (χ2n) is 4.23. The first kappa shape index (κ1) is 14.1. The first-order chi connectivity index (χ1) is 8.86. The molecule has 1 aromatic heterocycles. The molecule has 1 aromatic rings. The van der Waals surface area contributed by atoms with Gasteiger partial charge in [0.2, 0.25) is 5.91 Å². The summed E-state index contributed by atoms with van der Waals surface area (Å²) in [6, 6.07) is 0.821. The van der Waals surface area contributed by atoms with E-state index in [4.69, 9.17) is 0 Å². The van der Waals surface area contributed by atoms with Gasteiger partial charge in [-0.25, -0.2) is 4.98 Å². The molecular formula is C11H11BrF3N3O. The molecule has 0 radical (unpaired) electrons. The zero-order valence-electron chi connectivity index (χ0n) is 9.72. The summed E-state index contributed by atoms with van der Waals surface area (Å²) in [5, 5.41) is 5.32. The number of anilines is 1. The Kier molecular flexibility index (Phi) is 3.98. The van der Waals surface area contributed by atoms with E-state index in [1.807, 2.05) is 0 Å². The van der Waals surface area contributed by atoms with Crippen LogP contribution in [0.2, 0.25) is 0 Å². The van der Waals surface area contributed by atoms with Gasteiger partial charge in [0.15, 0.2) is 0 Å². The van der Waals surface area contributed by atoms with Gasteiger partial charge in [-0.3, -0.25) is 4.79 Å². The molecule has 1 aliphatic heterocycles. The Bertz CT molecular complexity index is 493. The number of nitrogens with one attached hydrogen (secondary N) is 2. The molecule has 1 atom stereocenters. The number of nitrogens with zero attached hydrogens (tertiary/aromatic N) is 1. The lowest BCUT2D eigenvalue weighted by molar-refractivity contribution is -0.137. The number of carbonyl (C=O) groups is 1. The lowest BCUT2D eigenvalue weighted by Crippen LogP contribution is -2.32. The van der Waals surface area contributed by atoms with Crippen LogP contribution in [0, 0.1) is 0 Å². The van der Waals surface area contributed by atoms with Crippen LogP contribution in [0.4, 0.5) is 19.0 Å². The predicted molar refractivity (Wildman–Crippen MR) is 66.6 cm³/mol. The minimum atomic E-state index is -4.47. The average molecular weight is 338 g/mol. The van der Waals surface area contributed by atoms with Crippen molar-refractivity contribution in [1.29, 1.82) is 0 Å². The van der Waals surface area contributed by atoms with E-state index in [-0.39, 0.29) is 28.8 Å². The number of pyridine rings is 1. The molecule has 1 fully saturated rings. The van der Waals surface area contributed by atoms with Gasteiger partial charge in [0.1, 0.15) is 5.82 Å².